The van der Waals surface area contributed by atoms with Crippen molar-refractivity contribution in [3.63, 3.8) is 0 Å². The standard InChI is InChI=1S/C16H21NO3/c1-3-5-11-13(18)14-15(16(19)20-4-2)17(14)12-9-7-6-8-10-12/h6-10,14-15H,3-5,11H2,1-2H3. The summed E-state index contributed by atoms with van der Waals surface area (Å²) >= 11 is 0. The highest BCUT2D eigenvalue weighted by Crippen LogP contribution is 2.37. The van der Waals surface area contributed by atoms with Gasteiger partial charge in [0, 0.05) is 12.1 Å². The van der Waals surface area contributed by atoms with Gasteiger partial charge in [0.05, 0.1) is 6.61 Å². The quantitative estimate of drug-likeness (QED) is 0.567. The molecule has 1 heterocycles. The Labute approximate surface area is 119 Å². The number of carbonyl (C=O) groups excluding carboxylic acids is 2. The van der Waals surface area contributed by atoms with Gasteiger partial charge < -0.3 is 9.64 Å². The Balaban J connectivity index is 2.11. The van der Waals surface area contributed by atoms with Gasteiger partial charge in [-0.3, -0.25) is 4.79 Å². The number of rotatable bonds is 7. The molecule has 0 spiro atoms. The van der Waals surface area contributed by atoms with Crippen molar-refractivity contribution in [2.24, 2.45) is 0 Å². The Morgan fingerprint density at radius 2 is 1.85 bits per heavy atom. The summed E-state index contributed by atoms with van der Waals surface area (Å²) in [4.78, 5) is 26.0. The number of unbranched alkanes of at least 4 members (excludes halogenated alkanes) is 1. The summed E-state index contributed by atoms with van der Waals surface area (Å²) in [6.07, 6.45) is 2.38. The first kappa shape index (κ1) is 14.6. The molecule has 20 heavy (non-hydrogen) atoms. The fourth-order valence-corrected chi connectivity index (χ4v) is 2.45. The third-order valence-electron chi connectivity index (χ3n) is 3.50. The second kappa shape index (κ2) is 6.55. The maximum absolute atomic E-state index is 12.2. The van der Waals surface area contributed by atoms with Crippen LogP contribution in [0.15, 0.2) is 30.3 Å². The Bertz CT molecular complexity index is 472. The lowest BCUT2D eigenvalue weighted by atomic mass is 10.1. The Kier molecular flexibility index (Phi) is 4.77. The monoisotopic (exact) mass is 275 g/mol. The smallest absolute Gasteiger partial charge is 0.331 e. The fraction of sp³-hybridized carbons (Fsp3) is 0.500. The van der Waals surface area contributed by atoms with Crippen LogP contribution in [-0.2, 0) is 14.3 Å². The zero-order valence-electron chi connectivity index (χ0n) is 12.0. The van der Waals surface area contributed by atoms with Crippen LogP contribution in [0, 0.1) is 0 Å². The molecule has 0 aromatic heterocycles. The van der Waals surface area contributed by atoms with E-state index in [1.807, 2.05) is 35.2 Å². The third-order valence-corrected chi connectivity index (χ3v) is 3.50. The summed E-state index contributed by atoms with van der Waals surface area (Å²) in [5.74, 6) is -0.167. The zero-order valence-corrected chi connectivity index (χ0v) is 12.0. The number of carbonyl (C=O) groups is 2. The lowest BCUT2D eigenvalue weighted by Crippen LogP contribution is -2.18. The van der Waals surface area contributed by atoms with E-state index in [9.17, 15) is 9.59 Å². The minimum absolute atomic E-state index is 0.133. The van der Waals surface area contributed by atoms with Crippen LogP contribution >= 0.6 is 0 Å². The predicted octanol–water partition coefficient (Wildman–Crippen LogP) is 2.57. The van der Waals surface area contributed by atoms with Gasteiger partial charge in [0.25, 0.3) is 0 Å². The number of Topliss-reactive ketones (excluding diaryl/α,β-unsaturated/α-hetero) is 1. The second-order valence-electron chi connectivity index (χ2n) is 4.95. The van der Waals surface area contributed by atoms with Crippen LogP contribution in [0.4, 0.5) is 5.69 Å². The molecule has 0 bridgehead atoms. The Morgan fingerprint density at radius 1 is 1.15 bits per heavy atom. The van der Waals surface area contributed by atoms with E-state index in [1.54, 1.807) is 6.92 Å². The number of hydrogen-bond donors (Lipinski definition) is 0. The van der Waals surface area contributed by atoms with Crippen molar-refractivity contribution in [1.29, 1.82) is 0 Å². The van der Waals surface area contributed by atoms with E-state index >= 15 is 0 Å². The molecule has 1 saturated heterocycles. The van der Waals surface area contributed by atoms with Crippen LogP contribution in [0.3, 0.4) is 0 Å². The molecule has 2 unspecified atom stereocenters. The minimum Gasteiger partial charge on any atom is -0.464 e. The van der Waals surface area contributed by atoms with Gasteiger partial charge in [0.1, 0.15) is 6.04 Å². The van der Waals surface area contributed by atoms with Crippen LogP contribution in [0.1, 0.15) is 33.1 Å². The SMILES string of the molecule is CCCCC(=O)C1C(C(=O)OCC)N1c1ccccc1. The molecular formula is C16H21NO3. The van der Waals surface area contributed by atoms with E-state index in [1.165, 1.54) is 0 Å². The first-order valence-electron chi connectivity index (χ1n) is 7.23. The van der Waals surface area contributed by atoms with Crippen molar-refractivity contribution in [1.82, 2.24) is 0 Å². The van der Waals surface area contributed by atoms with E-state index in [-0.39, 0.29) is 17.8 Å². The van der Waals surface area contributed by atoms with Crippen LogP contribution in [0.2, 0.25) is 0 Å². The first-order valence-corrected chi connectivity index (χ1v) is 7.23. The van der Waals surface area contributed by atoms with Crippen molar-refractivity contribution >= 4 is 17.4 Å². The molecule has 0 N–H and O–H groups in total. The molecule has 2 rings (SSSR count). The molecular weight excluding hydrogens is 254 g/mol. The molecule has 4 nitrogen and oxygen atoms in total. The highest BCUT2D eigenvalue weighted by molar-refractivity contribution is 6.03. The summed E-state index contributed by atoms with van der Waals surface area (Å²) in [7, 11) is 0. The maximum Gasteiger partial charge on any atom is 0.331 e. The molecule has 108 valence electrons. The van der Waals surface area contributed by atoms with Gasteiger partial charge in [0.15, 0.2) is 11.8 Å². The van der Waals surface area contributed by atoms with Gasteiger partial charge in [-0.1, -0.05) is 31.5 Å². The highest BCUT2D eigenvalue weighted by atomic mass is 16.5. The number of ether oxygens (including phenoxy) is 1. The molecule has 1 aromatic rings. The lowest BCUT2D eigenvalue weighted by Gasteiger charge is -2.05. The molecule has 0 aliphatic carbocycles. The van der Waals surface area contributed by atoms with Gasteiger partial charge >= 0.3 is 5.97 Å². The molecule has 4 heteroatoms. The fourth-order valence-electron chi connectivity index (χ4n) is 2.45. The number of hydrogen-bond acceptors (Lipinski definition) is 4. The highest BCUT2D eigenvalue weighted by Gasteiger charge is 2.57. The molecule has 2 atom stereocenters. The number of ketones is 1. The van der Waals surface area contributed by atoms with Crippen molar-refractivity contribution in [2.75, 3.05) is 11.5 Å². The number of benzene rings is 1. The summed E-state index contributed by atoms with van der Waals surface area (Å²) < 4.78 is 5.07. The topological polar surface area (TPSA) is 46.4 Å². The van der Waals surface area contributed by atoms with E-state index in [0.717, 1.165) is 18.5 Å². The molecule has 1 fully saturated rings. The van der Waals surface area contributed by atoms with Crippen molar-refractivity contribution in [2.45, 2.75) is 45.2 Å². The predicted molar refractivity (Wildman–Crippen MR) is 77.7 cm³/mol. The summed E-state index contributed by atoms with van der Waals surface area (Å²) in [6, 6.07) is 8.77. The maximum atomic E-state index is 12.2. The average molecular weight is 275 g/mol. The van der Waals surface area contributed by atoms with E-state index in [0.29, 0.717) is 13.0 Å². The van der Waals surface area contributed by atoms with Crippen molar-refractivity contribution < 1.29 is 14.3 Å². The largest absolute Gasteiger partial charge is 0.464 e. The van der Waals surface area contributed by atoms with Crippen molar-refractivity contribution in [3.8, 4) is 0 Å². The summed E-state index contributed by atoms with van der Waals surface area (Å²) in [5, 5.41) is 0. The van der Waals surface area contributed by atoms with Gasteiger partial charge in [-0.05, 0) is 25.5 Å². The van der Waals surface area contributed by atoms with Crippen molar-refractivity contribution in [3.05, 3.63) is 30.3 Å². The van der Waals surface area contributed by atoms with Crippen LogP contribution in [0.25, 0.3) is 0 Å². The third kappa shape index (κ3) is 3.00. The van der Waals surface area contributed by atoms with Gasteiger partial charge in [0.2, 0.25) is 0 Å². The summed E-state index contributed by atoms with van der Waals surface area (Å²) in [6.45, 7) is 4.17. The molecule has 1 aliphatic heterocycles. The second-order valence-corrected chi connectivity index (χ2v) is 4.95. The van der Waals surface area contributed by atoms with Gasteiger partial charge in [-0.2, -0.15) is 0 Å². The van der Waals surface area contributed by atoms with E-state index in [4.69, 9.17) is 4.74 Å². The number of esters is 1. The first-order chi connectivity index (χ1) is 9.70. The summed E-state index contributed by atoms with van der Waals surface area (Å²) in [5.41, 5.74) is 0.903. The number of para-hydroxylation sites is 1. The Hall–Kier alpha value is -1.84. The molecule has 1 aliphatic rings. The van der Waals surface area contributed by atoms with Crippen LogP contribution < -0.4 is 4.90 Å². The molecule has 0 saturated carbocycles. The van der Waals surface area contributed by atoms with E-state index < -0.39 is 6.04 Å². The minimum atomic E-state index is -0.443. The lowest BCUT2D eigenvalue weighted by molar-refractivity contribution is -0.142. The van der Waals surface area contributed by atoms with Gasteiger partial charge in [-0.25, -0.2) is 4.79 Å². The zero-order chi connectivity index (χ0) is 14.5. The van der Waals surface area contributed by atoms with E-state index in [2.05, 4.69) is 6.92 Å². The molecule has 1 aromatic carbocycles. The Morgan fingerprint density at radius 3 is 2.45 bits per heavy atom. The normalized spacial score (nSPS) is 20.6. The number of nitrogens with zero attached hydrogens (tertiary/aromatic N) is 1. The molecule has 0 amide bonds. The number of anilines is 1. The molecule has 0 radical (unpaired) electrons. The van der Waals surface area contributed by atoms with Crippen LogP contribution in [0.5, 0.6) is 0 Å². The average Bonchev–Trinajstić information content (AvgIpc) is 3.21. The van der Waals surface area contributed by atoms with Crippen LogP contribution in [-0.4, -0.2) is 30.4 Å². The van der Waals surface area contributed by atoms with Gasteiger partial charge in [-0.15, -0.1) is 0 Å².